The Bertz CT molecular complexity index is 1860. The number of hydrogen-bond donors (Lipinski definition) is 0. The zero-order chi connectivity index (χ0) is 32.4. The number of hydrogen-bond acceptors (Lipinski definition) is 3. The Morgan fingerprint density at radius 3 is 1.07 bits per heavy atom. The van der Waals surface area contributed by atoms with Crippen LogP contribution in [0.15, 0.2) is 94.2 Å². The molecule has 0 N–H and O–H groups in total. The van der Waals surface area contributed by atoms with E-state index in [9.17, 15) is 14.4 Å². The summed E-state index contributed by atoms with van der Waals surface area (Å²) in [6, 6.07) is 13.9. The highest BCUT2D eigenvalue weighted by Gasteiger charge is 2.44. The highest BCUT2D eigenvalue weighted by molar-refractivity contribution is 9.25. The van der Waals surface area contributed by atoms with Crippen molar-refractivity contribution in [3.63, 3.8) is 0 Å². The molecule has 1 aromatic heterocycles. The molecular weight excluding hydrogens is 1420 g/mol. The number of alkyl halides is 6. The lowest BCUT2D eigenvalue weighted by atomic mass is 10.2. The Kier molecular flexibility index (Phi) is 12.7. The van der Waals surface area contributed by atoms with Gasteiger partial charge in [-0.15, -0.1) is 0 Å². The van der Waals surface area contributed by atoms with E-state index in [2.05, 4.69) is 207 Å². The molecule has 0 bridgehead atoms. The largest absolute Gasteiger partial charge is 0.340 e. The average molecular weight is 1430 g/mol. The van der Waals surface area contributed by atoms with Gasteiger partial charge in [0.2, 0.25) is 0 Å². The maximum atomic E-state index is 14.5. The molecule has 3 aromatic carbocycles. The lowest BCUT2D eigenvalue weighted by molar-refractivity contribution is 0.459. The van der Waals surface area contributed by atoms with Gasteiger partial charge in [0, 0.05) is 48.0 Å². The summed E-state index contributed by atoms with van der Waals surface area (Å²) in [6.45, 7) is 0. The Hall–Kier alpha value is 2.31. The minimum absolute atomic E-state index is 0.441. The molecule has 0 saturated carbocycles. The summed E-state index contributed by atoms with van der Waals surface area (Å²) in [5.41, 5.74) is -1.51. The van der Waals surface area contributed by atoms with E-state index >= 15 is 0 Å². The molecule has 0 aliphatic carbocycles. The quantitative estimate of drug-likeness (QED) is 0.143. The summed E-state index contributed by atoms with van der Waals surface area (Å²) in [4.78, 5) is 43.5. The molecule has 0 amide bonds. The van der Waals surface area contributed by atoms with Gasteiger partial charge < -0.3 is 0 Å². The topological polar surface area (TPSA) is 66.0 Å². The molecule has 0 aliphatic heterocycles. The third kappa shape index (κ3) is 6.89. The third-order valence-corrected chi connectivity index (χ3v) is 18.0. The zero-order valence-corrected chi connectivity index (χ0v) is 40.7. The molecule has 43 heavy (non-hydrogen) atoms. The van der Waals surface area contributed by atoms with E-state index in [1.165, 1.54) is 0 Å². The fourth-order valence-electron chi connectivity index (χ4n) is 3.85. The standard InChI is InChI=1S/C24H8Br13N3O3/c25-12-4-2-1-3-9(12)22(32,33)38-19(41)39(23(34,35)10-5-7-13(26)17(30)15(10)28)21(43)40(20(38)42)24(36,37)11-6-8-14(27)18(31)16(11)29/h1-8H. The van der Waals surface area contributed by atoms with Crippen molar-refractivity contribution >= 4 is 207 Å². The van der Waals surface area contributed by atoms with E-state index in [1.807, 2.05) is 0 Å². The Morgan fingerprint density at radius 2 is 0.721 bits per heavy atom. The van der Waals surface area contributed by atoms with Crippen molar-refractivity contribution in [1.29, 1.82) is 0 Å². The normalized spacial score (nSPS) is 12.6. The van der Waals surface area contributed by atoms with E-state index in [1.54, 1.807) is 48.5 Å². The van der Waals surface area contributed by atoms with Gasteiger partial charge in [0.1, 0.15) is 0 Å². The second-order valence-electron chi connectivity index (χ2n) is 8.40. The summed E-state index contributed by atoms with van der Waals surface area (Å²) < 4.78 is 2.12. The Morgan fingerprint density at radius 1 is 0.395 bits per heavy atom. The van der Waals surface area contributed by atoms with Crippen LogP contribution in [0.3, 0.4) is 0 Å². The van der Waals surface area contributed by atoms with Crippen molar-refractivity contribution < 1.29 is 0 Å². The van der Waals surface area contributed by atoms with Crippen molar-refractivity contribution in [2.24, 2.45) is 0 Å². The highest BCUT2D eigenvalue weighted by Crippen LogP contribution is 2.48. The number of nitrogens with zero attached hydrogens (tertiary/aromatic N) is 3. The fraction of sp³-hybridized carbons (Fsp3) is 0.125. The predicted molar refractivity (Wildman–Crippen MR) is 217 cm³/mol. The predicted octanol–water partition coefficient (Wildman–Crippen LogP) is 11.9. The SMILES string of the molecule is O=c1n(C(Br)(Br)c2ccccc2Br)c(=O)n(C(Br)(Br)c2ccc(Br)c(Br)c2Br)c(=O)n1C(Br)(Br)c1ccc(Br)c(Br)c1Br. The van der Waals surface area contributed by atoms with Gasteiger partial charge >= 0.3 is 17.1 Å². The smallest absolute Gasteiger partial charge is 0.247 e. The number of aromatic nitrogens is 3. The van der Waals surface area contributed by atoms with Crippen LogP contribution in [0.4, 0.5) is 0 Å². The zero-order valence-electron chi connectivity index (χ0n) is 20.1. The van der Waals surface area contributed by atoms with Crippen LogP contribution in [0.25, 0.3) is 0 Å². The van der Waals surface area contributed by atoms with Gasteiger partial charge in [-0.1, -0.05) is 46.3 Å². The van der Waals surface area contributed by atoms with E-state index < -0.39 is 27.1 Å². The lowest BCUT2D eigenvalue weighted by Crippen LogP contribution is -2.63. The first-order valence-electron chi connectivity index (χ1n) is 11.0. The second kappa shape index (κ2) is 14.3. The Balaban J connectivity index is 2.24. The van der Waals surface area contributed by atoms with Crippen molar-refractivity contribution in [3.05, 3.63) is 128 Å². The molecule has 6 nitrogen and oxygen atoms in total. The maximum Gasteiger partial charge on any atom is 0.340 e. The lowest BCUT2D eigenvalue weighted by Gasteiger charge is -2.33. The molecule has 0 unspecified atom stereocenters. The molecule has 0 saturated heterocycles. The first kappa shape index (κ1) is 38.1. The molecular formula is C24H8Br13N3O3. The molecule has 0 spiro atoms. The first-order valence-corrected chi connectivity index (χ1v) is 21.3. The minimum atomic E-state index is -1.66. The van der Waals surface area contributed by atoms with Gasteiger partial charge in [-0.05, 0) is 209 Å². The van der Waals surface area contributed by atoms with Crippen molar-refractivity contribution in [1.82, 2.24) is 13.7 Å². The van der Waals surface area contributed by atoms with E-state index in [0.29, 0.717) is 39.1 Å². The molecule has 1 heterocycles. The molecule has 4 aromatic rings. The van der Waals surface area contributed by atoms with Gasteiger partial charge in [-0.3, -0.25) is 0 Å². The maximum absolute atomic E-state index is 14.5. The van der Waals surface area contributed by atoms with Gasteiger partial charge in [-0.25, -0.2) is 28.1 Å². The highest BCUT2D eigenvalue weighted by atomic mass is 79.9. The van der Waals surface area contributed by atoms with Crippen molar-refractivity contribution in [2.45, 2.75) is 10.1 Å². The Labute approximate surface area is 353 Å². The van der Waals surface area contributed by atoms with Crippen LogP contribution >= 0.6 is 207 Å². The van der Waals surface area contributed by atoms with Crippen LogP contribution in [0, 0.1) is 0 Å². The van der Waals surface area contributed by atoms with Gasteiger partial charge in [0.25, 0.3) is 0 Å². The number of benzene rings is 3. The second-order valence-corrected chi connectivity index (χ2v) is 24.2. The fourth-order valence-corrected chi connectivity index (χ4v) is 13.0. The number of rotatable bonds is 6. The van der Waals surface area contributed by atoms with Crippen molar-refractivity contribution in [3.8, 4) is 0 Å². The molecule has 0 fully saturated rings. The molecule has 0 radical (unpaired) electrons. The van der Waals surface area contributed by atoms with Crippen LogP contribution < -0.4 is 17.1 Å². The third-order valence-electron chi connectivity index (χ3n) is 5.91. The van der Waals surface area contributed by atoms with E-state index in [0.717, 1.165) is 22.6 Å². The first-order chi connectivity index (χ1) is 19.8. The minimum Gasteiger partial charge on any atom is -0.247 e. The summed E-state index contributed by atoms with van der Waals surface area (Å²) in [7, 11) is 0. The van der Waals surface area contributed by atoms with Crippen LogP contribution in [-0.4, -0.2) is 13.7 Å². The average Bonchev–Trinajstić information content (AvgIpc) is 2.89. The van der Waals surface area contributed by atoms with Crippen molar-refractivity contribution in [2.75, 3.05) is 0 Å². The van der Waals surface area contributed by atoms with E-state index in [4.69, 9.17) is 0 Å². The molecule has 0 atom stereocenters. The van der Waals surface area contributed by atoms with Gasteiger partial charge in [-0.2, -0.15) is 0 Å². The number of halogens is 13. The van der Waals surface area contributed by atoms with Crippen LogP contribution in [0.1, 0.15) is 16.7 Å². The molecule has 4 rings (SSSR count). The summed E-state index contributed by atoms with van der Waals surface area (Å²) in [5.74, 6) is 0. The summed E-state index contributed by atoms with van der Waals surface area (Å²) in [6.07, 6.45) is 0. The molecule has 228 valence electrons. The molecule has 0 aliphatic rings. The van der Waals surface area contributed by atoms with E-state index in [-0.39, 0.29) is 0 Å². The monoisotopic (exact) mass is 1410 g/mol. The van der Waals surface area contributed by atoms with Gasteiger partial charge in [0.15, 0.2) is 10.1 Å². The van der Waals surface area contributed by atoms with Crippen LogP contribution in [0.5, 0.6) is 0 Å². The van der Waals surface area contributed by atoms with Crippen LogP contribution in [-0.2, 0) is 10.1 Å². The summed E-state index contributed by atoms with van der Waals surface area (Å²) >= 11 is 46.1. The molecule has 19 heteroatoms. The van der Waals surface area contributed by atoms with Gasteiger partial charge in [0.05, 0.1) is 0 Å². The summed E-state index contributed by atoms with van der Waals surface area (Å²) in [5, 5.41) is 0. The van der Waals surface area contributed by atoms with Crippen LogP contribution in [0.2, 0.25) is 0 Å².